The highest BCUT2D eigenvalue weighted by Gasteiger charge is 2.31. The minimum atomic E-state index is -4.54. The van der Waals surface area contributed by atoms with E-state index in [2.05, 4.69) is 0 Å². The van der Waals surface area contributed by atoms with Crippen molar-refractivity contribution in [3.8, 4) is 23.0 Å². The Balaban J connectivity index is 1.95. The summed E-state index contributed by atoms with van der Waals surface area (Å²) in [6, 6.07) is 12.6. The molecule has 0 spiro atoms. The average molecular weight is 487 g/mol. The van der Waals surface area contributed by atoms with Crippen LogP contribution in [0.2, 0.25) is 5.02 Å². The molecule has 0 unspecified atom stereocenters. The third-order valence-corrected chi connectivity index (χ3v) is 6.47. The van der Waals surface area contributed by atoms with Gasteiger partial charge >= 0.3 is 6.18 Å². The van der Waals surface area contributed by atoms with Crippen molar-refractivity contribution in [2.45, 2.75) is 22.9 Å². The van der Waals surface area contributed by atoms with E-state index in [1.807, 2.05) is 0 Å². The van der Waals surface area contributed by atoms with Crippen molar-refractivity contribution in [2.24, 2.45) is 0 Å². The molecule has 0 heterocycles. The minimum Gasteiger partial charge on any atom is -0.497 e. The summed E-state index contributed by atoms with van der Waals surface area (Å²) in [5.41, 5.74) is -0.911. The van der Waals surface area contributed by atoms with E-state index in [4.69, 9.17) is 25.8 Å². The molecule has 0 aliphatic carbocycles. The highest BCUT2D eigenvalue weighted by Crippen LogP contribution is 2.39. The molecule has 5 nitrogen and oxygen atoms in total. The molecule has 3 aromatic rings. The van der Waals surface area contributed by atoms with Crippen molar-refractivity contribution >= 4 is 21.4 Å². The van der Waals surface area contributed by atoms with Crippen molar-refractivity contribution in [2.75, 3.05) is 13.7 Å². The van der Waals surface area contributed by atoms with Gasteiger partial charge in [-0.3, -0.25) is 0 Å². The van der Waals surface area contributed by atoms with E-state index in [-0.39, 0.29) is 38.7 Å². The zero-order valence-corrected chi connectivity index (χ0v) is 18.5. The van der Waals surface area contributed by atoms with E-state index < -0.39 is 21.6 Å². The van der Waals surface area contributed by atoms with Crippen LogP contribution in [0.1, 0.15) is 12.5 Å². The summed E-state index contributed by atoms with van der Waals surface area (Å²) in [5.74, 6) is 0.659. The second-order valence-electron chi connectivity index (χ2n) is 6.47. The summed E-state index contributed by atoms with van der Waals surface area (Å²) in [6.45, 7) is 1.86. The monoisotopic (exact) mass is 486 g/mol. The molecule has 0 aromatic heterocycles. The van der Waals surface area contributed by atoms with E-state index in [1.165, 1.54) is 49.6 Å². The summed E-state index contributed by atoms with van der Waals surface area (Å²) in [5, 5.41) is -0.243. The lowest BCUT2D eigenvalue weighted by molar-refractivity contribution is -0.137. The summed E-state index contributed by atoms with van der Waals surface area (Å²) in [6.07, 6.45) is -4.54. The van der Waals surface area contributed by atoms with Crippen LogP contribution in [-0.4, -0.2) is 22.1 Å². The Morgan fingerprint density at radius 2 is 1.56 bits per heavy atom. The smallest absolute Gasteiger partial charge is 0.416 e. The summed E-state index contributed by atoms with van der Waals surface area (Å²) in [7, 11) is -2.45. The molecular weight excluding hydrogens is 469 g/mol. The SMILES string of the molecule is CCOc1cc(Oc2ccc(C(F)(F)F)cc2Cl)ccc1S(=O)(=O)c1ccc(OC)cc1. The Morgan fingerprint density at radius 3 is 2.12 bits per heavy atom. The number of alkyl halides is 3. The highest BCUT2D eigenvalue weighted by molar-refractivity contribution is 7.91. The number of sulfone groups is 1. The van der Waals surface area contributed by atoms with Crippen LogP contribution in [0.15, 0.2) is 70.5 Å². The second-order valence-corrected chi connectivity index (χ2v) is 8.79. The van der Waals surface area contributed by atoms with E-state index >= 15 is 0 Å². The van der Waals surface area contributed by atoms with Gasteiger partial charge in [-0.15, -0.1) is 0 Å². The fourth-order valence-electron chi connectivity index (χ4n) is 2.81. The summed E-state index contributed by atoms with van der Waals surface area (Å²) < 4.78 is 80.8. The molecule has 0 N–H and O–H groups in total. The molecule has 3 aromatic carbocycles. The van der Waals surface area contributed by atoms with Crippen LogP contribution in [0.25, 0.3) is 0 Å². The number of hydrogen-bond donors (Lipinski definition) is 0. The molecule has 0 aliphatic heterocycles. The maximum atomic E-state index is 13.1. The Hall–Kier alpha value is -2.91. The Morgan fingerprint density at radius 1 is 0.906 bits per heavy atom. The molecule has 0 fully saturated rings. The lowest BCUT2D eigenvalue weighted by atomic mass is 10.2. The van der Waals surface area contributed by atoms with Crippen LogP contribution in [0, 0.1) is 0 Å². The van der Waals surface area contributed by atoms with Crippen LogP contribution in [0.5, 0.6) is 23.0 Å². The van der Waals surface area contributed by atoms with Crippen molar-refractivity contribution < 1.29 is 35.8 Å². The lowest BCUT2D eigenvalue weighted by Crippen LogP contribution is -2.06. The number of rotatable bonds is 7. The van der Waals surface area contributed by atoms with Gasteiger partial charge in [0.05, 0.1) is 29.2 Å². The first-order chi connectivity index (χ1) is 15.1. The van der Waals surface area contributed by atoms with Gasteiger partial charge in [0, 0.05) is 6.07 Å². The summed E-state index contributed by atoms with van der Waals surface area (Å²) >= 11 is 5.93. The van der Waals surface area contributed by atoms with Gasteiger partial charge in [-0.05, 0) is 61.5 Å². The summed E-state index contributed by atoms with van der Waals surface area (Å²) in [4.78, 5) is -0.0471. The van der Waals surface area contributed by atoms with Gasteiger partial charge in [-0.1, -0.05) is 11.6 Å². The van der Waals surface area contributed by atoms with Crippen molar-refractivity contribution in [3.63, 3.8) is 0 Å². The maximum absolute atomic E-state index is 13.1. The first-order valence-electron chi connectivity index (χ1n) is 9.27. The van der Waals surface area contributed by atoms with E-state index in [0.29, 0.717) is 5.75 Å². The van der Waals surface area contributed by atoms with Crippen LogP contribution in [-0.2, 0) is 16.0 Å². The van der Waals surface area contributed by atoms with E-state index in [0.717, 1.165) is 18.2 Å². The van der Waals surface area contributed by atoms with E-state index in [9.17, 15) is 21.6 Å². The number of methoxy groups -OCH3 is 1. The van der Waals surface area contributed by atoms with E-state index in [1.54, 1.807) is 6.92 Å². The first-order valence-corrected chi connectivity index (χ1v) is 11.1. The molecule has 0 atom stereocenters. The van der Waals surface area contributed by atoms with Crippen LogP contribution in [0.4, 0.5) is 13.2 Å². The molecular formula is C22H18ClF3O5S. The molecule has 32 heavy (non-hydrogen) atoms. The maximum Gasteiger partial charge on any atom is 0.416 e. The predicted molar refractivity (Wildman–Crippen MR) is 113 cm³/mol. The van der Waals surface area contributed by atoms with Crippen LogP contribution < -0.4 is 14.2 Å². The molecule has 170 valence electrons. The van der Waals surface area contributed by atoms with Crippen LogP contribution in [0.3, 0.4) is 0 Å². The average Bonchev–Trinajstić information content (AvgIpc) is 2.75. The first kappa shape index (κ1) is 23.7. The van der Waals surface area contributed by atoms with Gasteiger partial charge in [0.2, 0.25) is 9.84 Å². The number of ether oxygens (including phenoxy) is 3. The van der Waals surface area contributed by atoms with Gasteiger partial charge in [0.1, 0.15) is 27.9 Å². The predicted octanol–water partition coefficient (Wildman–Crippen LogP) is 6.39. The molecule has 0 radical (unpaired) electrons. The molecule has 0 aliphatic rings. The minimum absolute atomic E-state index is 0.0205. The van der Waals surface area contributed by atoms with Gasteiger partial charge in [-0.25, -0.2) is 8.42 Å². The number of hydrogen-bond acceptors (Lipinski definition) is 5. The Bertz CT molecular complexity index is 1210. The molecule has 10 heteroatoms. The number of halogens is 4. The fraction of sp³-hybridized carbons (Fsp3) is 0.182. The van der Waals surface area contributed by atoms with Gasteiger partial charge in [0.15, 0.2) is 0 Å². The Kier molecular flexibility index (Phi) is 6.90. The second kappa shape index (κ2) is 9.30. The topological polar surface area (TPSA) is 61.8 Å². The van der Waals surface area contributed by atoms with Gasteiger partial charge in [-0.2, -0.15) is 13.2 Å². The fourth-order valence-corrected chi connectivity index (χ4v) is 4.41. The third-order valence-electron chi connectivity index (χ3n) is 4.36. The molecule has 0 amide bonds. The van der Waals surface area contributed by atoms with Crippen LogP contribution >= 0.6 is 11.6 Å². The Labute approximate surface area is 188 Å². The largest absolute Gasteiger partial charge is 0.497 e. The highest BCUT2D eigenvalue weighted by atomic mass is 35.5. The quantitative estimate of drug-likeness (QED) is 0.387. The molecule has 0 bridgehead atoms. The molecule has 0 saturated heterocycles. The van der Waals surface area contributed by atoms with Gasteiger partial charge < -0.3 is 14.2 Å². The lowest BCUT2D eigenvalue weighted by Gasteiger charge is -2.15. The normalized spacial score (nSPS) is 11.8. The molecule has 0 saturated carbocycles. The van der Waals surface area contributed by atoms with Crippen molar-refractivity contribution in [1.82, 2.24) is 0 Å². The van der Waals surface area contributed by atoms with Crippen molar-refractivity contribution in [3.05, 3.63) is 71.2 Å². The molecule has 3 rings (SSSR count). The number of benzene rings is 3. The third kappa shape index (κ3) is 5.11. The van der Waals surface area contributed by atoms with Crippen molar-refractivity contribution in [1.29, 1.82) is 0 Å². The van der Waals surface area contributed by atoms with Gasteiger partial charge in [0.25, 0.3) is 0 Å². The zero-order valence-electron chi connectivity index (χ0n) is 16.9. The zero-order chi connectivity index (χ0) is 23.5. The standard InChI is InChI=1S/C22H18ClF3O5S/c1-3-30-20-13-16(31-19-10-4-14(12-18(19)23)22(24,25)26)7-11-21(20)32(27,28)17-8-5-15(29-2)6-9-17/h4-13H,3H2,1-2H3.